The molecule has 3 N–H and O–H groups in total. The summed E-state index contributed by atoms with van der Waals surface area (Å²) >= 11 is 0. The number of hydrogen-bond acceptors (Lipinski definition) is 3. The summed E-state index contributed by atoms with van der Waals surface area (Å²) in [5.74, 6) is 0.0243. The van der Waals surface area contributed by atoms with Gasteiger partial charge in [0.15, 0.2) is 0 Å². The van der Waals surface area contributed by atoms with Crippen molar-refractivity contribution in [1.29, 1.82) is 0 Å². The number of para-hydroxylation sites is 1. The first-order valence-corrected chi connectivity index (χ1v) is 6.70. The molecule has 1 radical (unpaired) electrons. The molecule has 5 heteroatoms. The maximum absolute atomic E-state index is 12.8. The van der Waals surface area contributed by atoms with Gasteiger partial charge in [-0.15, -0.1) is 6.07 Å². The Kier molecular flexibility index (Phi) is 3.48. The van der Waals surface area contributed by atoms with E-state index in [9.17, 15) is 4.79 Å². The van der Waals surface area contributed by atoms with Crippen molar-refractivity contribution in [2.24, 2.45) is 0 Å². The van der Waals surface area contributed by atoms with Crippen molar-refractivity contribution in [2.75, 3.05) is 22.5 Å². The predicted molar refractivity (Wildman–Crippen MR) is 78.9 cm³/mol. The molecule has 2 aliphatic rings. The molecule has 0 bridgehead atoms. The number of nitrogens with two attached hydrogens (primary N) is 1. The van der Waals surface area contributed by atoms with Crippen molar-refractivity contribution >= 4 is 23.0 Å². The Hall–Kier alpha value is -1.83. The summed E-state index contributed by atoms with van der Waals surface area (Å²) in [7, 11) is 0. The number of carbonyl (C=O) groups excluding carboxylic acids is 1. The Bertz CT molecular complexity index is 716. The third-order valence-corrected chi connectivity index (χ3v) is 4.02. The SMILES string of the molecule is Nc1[c-]cc2c(c1)NCC1Cc3ccccc3N1C2=O.[Re]. The number of amides is 1. The van der Waals surface area contributed by atoms with Crippen LogP contribution in [-0.2, 0) is 26.8 Å². The van der Waals surface area contributed by atoms with E-state index in [-0.39, 0.29) is 32.4 Å². The van der Waals surface area contributed by atoms with E-state index in [1.807, 2.05) is 23.1 Å². The Balaban J connectivity index is 0.00000132. The number of carbonyl (C=O) groups is 1. The number of fused-ring (bicyclic) bond motifs is 4. The van der Waals surface area contributed by atoms with E-state index in [1.54, 1.807) is 12.1 Å². The summed E-state index contributed by atoms with van der Waals surface area (Å²) in [5, 5.41) is 3.34. The standard InChI is InChI=1S/C16H14N3O.Re/c17-11-5-6-13-14(8-11)18-9-12-7-10-3-1-2-4-15(10)19(12)16(13)20;/h1-4,6,8,12,18H,7,9,17H2;/q-1;. The van der Waals surface area contributed by atoms with Gasteiger partial charge in [-0.1, -0.05) is 29.6 Å². The van der Waals surface area contributed by atoms with E-state index in [2.05, 4.69) is 17.4 Å². The average molecular weight is 451 g/mol. The van der Waals surface area contributed by atoms with Gasteiger partial charge in [-0.2, -0.15) is 12.1 Å². The van der Waals surface area contributed by atoms with Gasteiger partial charge in [-0.05, 0) is 23.6 Å². The second kappa shape index (κ2) is 5.18. The molecule has 2 aromatic rings. The van der Waals surface area contributed by atoms with Crippen LogP contribution >= 0.6 is 0 Å². The minimum Gasteiger partial charge on any atom is -0.420 e. The molecule has 4 rings (SSSR count). The van der Waals surface area contributed by atoms with Crippen LogP contribution in [0.1, 0.15) is 15.9 Å². The van der Waals surface area contributed by atoms with Crippen molar-refractivity contribution < 1.29 is 25.2 Å². The van der Waals surface area contributed by atoms with Gasteiger partial charge in [-0.25, -0.2) is 0 Å². The molecule has 2 aromatic carbocycles. The number of rotatable bonds is 0. The fourth-order valence-electron chi connectivity index (χ4n) is 3.09. The van der Waals surface area contributed by atoms with E-state index in [4.69, 9.17) is 5.73 Å². The van der Waals surface area contributed by atoms with E-state index < -0.39 is 0 Å². The fourth-order valence-corrected chi connectivity index (χ4v) is 3.09. The summed E-state index contributed by atoms with van der Waals surface area (Å²) in [4.78, 5) is 14.7. The van der Waals surface area contributed by atoms with Crippen LogP contribution < -0.4 is 16.0 Å². The molecule has 4 nitrogen and oxygen atoms in total. The zero-order chi connectivity index (χ0) is 13.7. The predicted octanol–water partition coefficient (Wildman–Crippen LogP) is 2.06. The van der Waals surface area contributed by atoms with Gasteiger partial charge in [0, 0.05) is 32.7 Å². The fraction of sp³-hybridized carbons (Fsp3) is 0.188. The van der Waals surface area contributed by atoms with Gasteiger partial charge >= 0.3 is 0 Å². The van der Waals surface area contributed by atoms with Crippen LogP contribution in [0.3, 0.4) is 0 Å². The minimum absolute atomic E-state index is 0. The number of hydrogen-bond donors (Lipinski definition) is 2. The zero-order valence-electron chi connectivity index (χ0n) is 11.3. The summed E-state index contributed by atoms with van der Waals surface area (Å²) in [6.07, 6.45) is 0.891. The van der Waals surface area contributed by atoms with E-state index in [0.29, 0.717) is 11.3 Å². The van der Waals surface area contributed by atoms with Crippen LogP contribution in [0, 0.1) is 6.07 Å². The molecule has 0 fully saturated rings. The second-order valence-corrected chi connectivity index (χ2v) is 5.26. The number of benzene rings is 2. The van der Waals surface area contributed by atoms with Crippen LogP contribution in [0.25, 0.3) is 0 Å². The second-order valence-electron chi connectivity index (χ2n) is 5.26. The maximum Gasteiger partial charge on any atom is 0.204 e. The van der Waals surface area contributed by atoms with Crippen molar-refractivity contribution in [3.63, 3.8) is 0 Å². The van der Waals surface area contributed by atoms with Gasteiger partial charge in [0.05, 0.1) is 6.04 Å². The Morgan fingerprint density at radius 3 is 3.00 bits per heavy atom. The van der Waals surface area contributed by atoms with Gasteiger partial charge in [-0.3, -0.25) is 4.79 Å². The Morgan fingerprint density at radius 1 is 1.33 bits per heavy atom. The molecule has 1 unspecified atom stereocenters. The van der Waals surface area contributed by atoms with E-state index in [0.717, 1.165) is 24.3 Å². The molecule has 0 saturated heterocycles. The molecule has 21 heavy (non-hydrogen) atoms. The summed E-state index contributed by atoms with van der Waals surface area (Å²) in [6, 6.07) is 14.6. The molecule has 0 aliphatic carbocycles. The largest absolute Gasteiger partial charge is 0.420 e. The quantitative estimate of drug-likeness (QED) is 0.477. The first kappa shape index (κ1) is 14.1. The van der Waals surface area contributed by atoms with Gasteiger partial charge in [0.1, 0.15) is 0 Å². The normalized spacial score (nSPS) is 18.8. The molecule has 107 valence electrons. The molecule has 1 atom stereocenters. The van der Waals surface area contributed by atoms with Crippen LogP contribution in [0.2, 0.25) is 0 Å². The summed E-state index contributed by atoms with van der Waals surface area (Å²) in [5.41, 5.74) is 9.99. The minimum atomic E-state index is 0. The van der Waals surface area contributed by atoms with Crippen molar-refractivity contribution in [1.82, 2.24) is 0 Å². The van der Waals surface area contributed by atoms with Crippen LogP contribution in [0.4, 0.5) is 17.1 Å². The van der Waals surface area contributed by atoms with Gasteiger partial charge in [0.25, 0.3) is 0 Å². The first-order valence-electron chi connectivity index (χ1n) is 6.70. The molecule has 2 aliphatic heterocycles. The summed E-state index contributed by atoms with van der Waals surface area (Å²) in [6.45, 7) is 0.733. The third-order valence-electron chi connectivity index (χ3n) is 4.02. The van der Waals surface area contributed by atoms with E-state index >= 15 is 0 Å². The van der Waals surface area contributed by atoms with E-state index in [1.165, 1.54) is 5.56 Å². The Labute approximate surface area is 137 Å². The molecular weight excluding hydrogens is 436 g/mol. The van der Waals surface area contributed by atoms with Crippen LogP contribution in [0.15, 0.2) is 36.4 Å². The maximum atomic E-state index is 12.8. The molecule has 1 amide bonds. The smallest absolute Gasteiger partial charge is 0.204 e. The monoisotopic (exact) mass is 451 g/mol. The van der Waals surface area contributed by atoms with Crippen molar-refractivity contribution in [3.8, 4) is 0 Å². The number of anilines is 3. The number of nitrogen functional groups attached to an aromatic ring is 1. The van der Waals surface area contributed by atoms with Crippen LogP contribution in [-0.4, -0.2) is 18.5 Å². The molecule has 0 saturated carbocycles. The third kappa shape index (κ3) is 2.14. The summed E-state index contributed by atoms with van der Waals surface area (Å²) < 4.78 is 0. The zero-order valence-corrected chi connectivity index (χ0v) is 14.0. The molecule has 0 aromatic heterocycles. The average Bonchev–Trinajstić information content (AvgIpc) is 2.76. The molecular formula is C16H14N3ORe-. The number of nitrogens with zero attached hydrogens (tertiary/aromatic N) is 1. The Morgan fingerprint density at radius 2 is 2.14 bits per heavy atom. The van der Waals surface area contributed by atoms with Crippen molar-refractivity contribution in [2.45, 2.75) is 12.5 Å². The molecule has 0 spiro atoms. The topological polar surface area (TPSA) is 58.4 Å². The van der Waals surface area contributed by atoms with Gasteiger partial charge < -0.3 is 16.0 Å². The molecule has 2 heterocycles. The van der Waals surface area contributed by atoms with Gasteiger partial charge in [0.2, 0.25) is 5.91 Å². The van der Waals surface area contributed by atoms with Crippen molar-refractivity contribution in [3.05, 3.63) is 53.6 Å². The van der Waals surface area contributed by atoms with Crippen LogP contribution in [0.5, 0.6) is 0 Å². The first-order chi connectivity index (χ1) is 9.74. The number of nitrogens with one attached hydrogen (secondary N) is 1.